The molecule has 3 nitrogen and oxygen atoms in total. The van der Waals surface area contributed by atoms with E-state index in [0.29, 0.717) is 10.6 Å². The Morgan fingerprint density at radius 2 is 1.38 bits per heavy atom. The molecule has 0 radical (unpaired) electrons. The predicted molar refractivity (Wildman–Crippen MR) is 110 cm³/mol. The van der Waals surface area contributed by atoms with Gasteiger partial charge in [-0.3, -0.25) is 4.79 Å². The molecule has 1 amide bonds. The van der Waals surface area contributed by atoms with Gasteiger partial charge in [-0.2, -0.15) is 5.10 Å². The lowest BCUT2D eigenvalue weighted by atomic mass is 10.1. The molecule has 128 valence electrons. The average molecular weight is 358 g/mol. The smallest absolute Gasteiger partial charge is 0.266 e. The molecule has 0 aliphatic heterocycles. The molecular weight excluding hydrogens is 340 g/mol. The number of amides is 1. The van der Waals surface area contributed by atoms with E-state index in [4.69, 9.17) is 0 Å². The van der Waals surface area contributed by atoms with Gasteiger partial charge in [0.05, 0.1) is 10.6 Å². The molecule has 3 aromatic rings. The zero-order chi connectivity index (χ0) is 18.0. The van der Waals surface area contributed by atoms with Gasteiger partial charge in [-0.15, -0.1) is 11.3 Å². The van der Waals surface area contributed by atoms with Gasteiger partial charge in [0.15, 0.2) is 0 Å². The molecule has 0 saturated carbocycles. The SMILES string of the molecule is O=C(NN=C(C=Cc1ccccc1)C=Cc1ccccc1)c1cccs1. The number of nitrogens with zero attached hydrogens (tertiary/aromatic N) is 1. The molecular formula is C22H18N2OS. The topological polar surface area (TPSA) is 41.5 Å². The van der Waals surface area contributed by atoms with Crippen molar-refractivity contribution in [3.8, 4) is 0 Å². The van der Waals surface area contributed by atoms with Crippen LogP contribution in [0, 0.1) is 0 Å². The first-order valence-corrected chi connectivity index (χ1v) is 9.07. The van der Waals surface area contributed by atoms with Gasteiger partial charge >= 0.3 is 0 Å². The van der Waals surface area contributed by atoms with E-state index in [-0.39, 0.29) is 5.91 Å². The third-order valence-corrected chi connectivity index (χ3v) is 4.39. The van der Waals surface area contributed by atoms with Crippen molar-refractivity contribution in [3.05, 3.63) is 106 Å². The Balaban J connectivity index is 1.78. The lowest BCUT2D eigenvalue weighted by molar-refractivity contribution is 0.0959. The molecule has 0 spiro atoms. The second-order valence-electron chi connectivity index (χ2n) is 5.44. The molecule has 0 atom stereocenters. The first-order chi connectivity index (χ1) is 12.8. The number of carbonyl (C=O) groups excluding carboxylic acids is 1. The minimum atomic E-state index is -0.210. The predicted octanol–water partition coefficient (Wildman–Crippen LogP) is 5.26. The van der Waals surface area contributed by atoms with Crippen LogP contribution in [0.1, 0.15) is 20.8 Å². The van der Waals surface area contributed by atoms with E-state index in [1.54, 1.807) is 6.07 Å². The highest BCUT2D eigenvalue weighted by Crippen LogP contribution is 2.08. The minimum Gasteiger partial charge on any atom is -0.266 e. The summed E-state index contributed by atoms with van der Waals surface area (Å²) in [6, 6.07) is 23.5. The Labute approximate surface area is 157 Å². The van der Waals surface area contributed by atoms with Gasteiger partial charge < -0.3 is 0 Å². The second-order valence-corrected chi connectivity index (χ2v) is 6.39. The van der Waals surface area contributed by atoms with Crippen LogP contribution in [0.5, 0.6) is 0 Å². The van der Waals surface area contributed by atoms with Crippen molar-refractivity contribution in [1.82, 2.24) is 5.43 Å². The fraction of sp³-hybridized carbons (Fsp3) is 0. The third kappa shape index (κ3) is 5.40. The molecule has 4 heteroatoms. The summed E-state index contributed by atoms with van der Waals surface area (Å²) in [6.07, 6.45) is 7.68. The van der Waals surface area contributed by atoms with Crippen LogP contribution < -0.4 is 5.43 Å². The number of hydrazone groups is 1. The van der Waals surface area contributed by atoms with Crippen LogP contribution in [0.15, 0.2) is 95.4 Å². The Morgan fingerprint density at radius 3 is 1.88 bits per heavy atom. The molecule has 0 bridgehead atoms. The quantitative estimate of drug-likeness (QED) is 0.474. The van der Waals surface area contributed by atoms with Crippen LogP contribution in [0.4, 0.5) is 0 Å². The van der Waals surface area contributed by atoms with E-state index in [1.165, 1.54) is 11.3 Å². The lowest BCUT2D eigenvalue weighted by Crippen LogP contribution is -2.17. The van der Waals surface area contributed by atoms with E-state index >= 15 is 0 Å². The number of carbonyl (C=O) groups is 1. The van der Waals surface area contributed by atoms with Crippen molar-refractivity contribution in [2.45, 2.75) is 0 Å². The van der Waals surface area contributed by atoms with Gasteiger partial charge in [0.2, 0.25) is 0 Å². The standard InChI is InChI=1S/C22H18N2OS/c25-22(21-12-7-17-26-21)24-23-20(15-13-18-8-3-1-4-9-18)16-14-19-10-5-2-6-11-19/h1-17H,(H,24,25). The number of allylic oxidation sites excluding steroid dienone is 2. The number of benzene rings is 2. The van der Waals surface area contributed by atoms with Crippen molar-refractivity contribution in [2.24, 2.45) is 5.10 Å². The van der Waals surface area contributed by atoms with Crippen molar-refractivity contribution in [3.63, 3.8) is 0 Å². The van der Waals surface area contributed by atoms with Gasteiger partial charge in [0.1, 0.15) is 0 Å². The Hall–Kier alpha value is -3.24. The van der Waals surface area contributed by atoms with Crippen molar-refractivity contribution in [1.29, 1.82) is 0 Å². The Bertz CT molecular complexity index is 860. The molecule has 3 rings (SSSR count). The largest absolute Gasteiger partial charge is 0.281 e. The summed E-state index contributed by atoms with van der Waals surface area (Å²) >= 11 is 1.39. The maximum absolute atomic E-state index is 12.1. The van der Waals surface area contributed by atoms with Crippen LogP contribution in [-0.4, -0.2) is 11.6 Å². The zero-order valence-corrected chi connectivity index (χ0v) is 14.9. The van der Waals surface area contributed by atoms with Gasteiger partial charge in [-0.25, -0.2) is 5.43 Å². The van der Waals surface area contributed by atoms with Gasteiger partial charge in [-0.05, 0) is 34.7 Å². The van der Waals surface area contributed by atoms with E-state index in [1.807, 2.05) is 96.4 Å². The maximum atomic E-state index is 12.1. The fourth-order valence-electron chi connectivity index (χ4n) is 2.20. The summed E-state index contributed by atoms with van der Waals surface area (Å²) in [5.74, 6) is -0.210. The Morgan fingerprint density at radius 1 is 0.808 bits per heavy atom. The molecule has 0 saturated heterocycles. The summed E-state index contributed by atoms with van der Waals surface area (Å²) in [6.45, 7) is 0. The summed E-state index contributed by atoms with van der Waals surface area (Å²) in [5, 5.41) is 6.13. The van der Waals surface area contributed by atoms with E-state index in [0.717, 1.165) is 11.1 Å². The van der Waals surface area contributed by atoms with Gasteiger partial charge in [-0.1, -0.05) is 78.9 Å². The summed E-state index contributed by atoms with van der Waals surface area (Å²) in [4.78, 5) is 12.7. The van der Waals surface area contributed by atoms with Crippen molar-refractivity contribution < 1.29 is 4.79 Å². The molecule has 0 unspecified atom stereocenters. The Kier molecular flexibility index (Phi) is 6.29. The number of rotatable bonds is 6. The maximum Gasteiger partial charge on any atom is 0.281 e. The molecule has 1 heterocycles. The summed E-state index contributed by atoms with van der Waals surface area (Å²) < 4.78 is 0. The van der Waals surface area contributed by atoms with Crippen LogP contribution in [0.2, 0.25) is 0 Å². The first kappa shape index (κ1) is 17.6. The molecule has 2 aromatic carbocycles. The van der Waals surface area contributed by atoms with Crippen molar-refractivity contribution in [2.75, 3.05) is 0 Å². The highest BCUT2D eigenvalue weighted by Gasteiger charge is 2.04. The first-order valence-electron chi connectivity index (χ1n) is 8.19. The van der Waals surface area contributed by atoms with E-state index in [2.05, 4.69) is 10.5 Å². The highest BCUT2D eigenvalue weighted by molar-refractivity contribution is 7.12. The van der Waals surface area contributed by atoms with E-state index < -0.39 is 0 Å². The average Bonchev–Trinajstić information content (AvgIpc) is 3.24. The van der Waals surface area contributed by atoms with Crippen LogP contribution in [0.3, 0.4) is 0 Å². The van der Waals surface area contributed by atoms with Crippen LogP contribution in [0.25, 0.3) is 12.2 Å². The number of nitrogens with one attached hydrogen (secondary N) is 1. The molecule has 0 aliphatic carbocycles. The third-order valence-electron chi connectivity index (χ3n) is 3.52. The fourth-order valence-corrected chi connectivity index (χ4v) is 2.81. The molecule has 26 heavy (non-hydrogen) atoms. The van der Waals surface area contributed by atoms with E-state index in [9.17, 15) is 4.79 Å². The summed E-state index contributed by atoms with van der Waals surface area (Å²) in [7, 11) is 0. The van der Waals surface area contributed by atoms with Gasteiger partial charge in [0, 0.05) is 0 Å². The summed E-state index contributed by atoms with van der Waals surface area (Å²) in [5.41, 5.74) is 5.40. The minimum absolute atomic E-state index is 0.210. The molecule has 1 aromatic heterocycles. The molecule has 0 fully saturated rings. The van der Waals surface area contributed by atoms with Crippen LogP contribution in [-0.2, 0) is 0 Å². The monoisotopic (exact) mass is 358 g/mol. The second kappa shape index (κ2) is 9.30. The normalized spacial score (nSPS) is 10.9. The number of hydrogen-bond donors (Lipinski definition) is 1. The van der Waals surface area contributed by atoms with Crippen LogP contribution >= 0.6 is 11.3 Å². The lowest BCUT2D eigenvalue weighted by Gasteiger charge is -1.99. The molecule has 0 aliphatic rings. The molecule has 1 N–H and O–H groups in total. The van der Waals surface area contributed by atoms with Gasteiger partial charge in [0.25, 0.3) is 5.91 Å². The van der Waals surface area contributed by atoms with Crippen molar-refractivity contribution >= 4 is 35.1 Å². The zero-order valence-electron chi connectivity index (χ0n) is 14.1. The number of hydrogen-bond acceptors (Lipinski definition) is 3. The highest BCUT2D eigenvalue weighted by atomic mass is 32.1. The number of thiophene rings is 1.